The minimum atomic E-state index is -0.369. The number of carbonyl (C=O) groups excluding carboxylic acids is 1. The third kappa shape index (κ3) is 4.26. The number of imidazole rings is 1. The second kappa shape index (κ2) is 8.32. The number of para-hydroxylation sites is 1. The molecule has 0 aliphatic rings. The van der Waals surface area contributed by atoms with E-state index in [1.165, 1.54) is 47.4 Å². The lowest BCUT2D eigenvalue weighted by Gasteiger charge is -2.06. The molecule has 0 saturated heterocycles. The van der Waals surface area contributed by atoms with E-state index in [9.17, 15) is 9.18 Å². The van der Waals surface area contributed by atoms with Gasteiger partial charge >= 0.3 is 0 Å². The van der Waals surface area contributed by atoms with Crippen molar-refractivity contribution < 1.29 is 9.18 Å². The molecule has 0 spiro atoms. The summed E-state index contributed by atoms with van der Waals surface area (Å²) in [6.45, 7) is 0. The first-order valence-electron chi connectivity index (χ1n) is 8.30. The van der Waals surface area contributed by atoms with Crippen molar-refractivity contribution in [1.82, 2.24) is 19.7 Å². The van der Waals surface area contributed by atoms with Crippen LogP contribution in [0.2, 0.25) is 0 Å². The molecule has 9 heteroatoms. The van der Waals surface area contributed by atoms with Crippen LogP contribution in [0.5, 0.6) is 0 Å². The van der Waals surface area contributed by atoms with Crippen molar-refractivity contribution in [2.45, 2.75) is 10.9 Å². The maximum atomic E-state index is 12.9. The van der Waals surface area contributed by atoms with Crippen LogP contribution in [-0.4, -0.2) is 25.7 Å². The predicted molar refractivity (Wildman–Crippen MR) is 107 cm³/mol. The lowest BCUT2D eigenvalue weighted by molar-refractivity contribution is 0.102. The highest BCUT2D eigenvalue weighted by Crippen LogP contribution is 2.25. The monoisotopic (exact) mass is 411 g/mol. The SMILES string of the molecule is O=C(Nc1ccc(F)cc1)c1nnc(CSc2nccn2-c2ccccc2)s1. The zero-order valence-corrected chi connectivity index (χ0v) is 16.1. The number of amides is 1. The molecule has 6 nitrogen and oxygen atoms in total. The normalized spacial score (nSPS) is 10.8. The lowest BCUT2D eigenvalue weighted by Crippen LogP contribution is -2.11. The number of aromatic nitrogens is 4. The molecule has 4 rings (SSSR count). The van der Waals surface area contributed by atoms with E-state index in [1.807, 2.05) is 41.1 Å². The Morgan fingerprint density at radius 1 is 1.11 bits per heavy atom. The van der Waals surface area contributed by atoms with Gasteiger partial charge in [-0.3, -0.25) is 9.36 Å². The molecule has 0 bridgehead atoms. The molecule has 0 aliphatic heterocycles. The van der Waals surface area contributed by atoms with Gasteiger partial charge in [-0.25, -0.2) is 9.37 Å². The maximum absolute atomic E-state index is 12.9. The van der Waals surface area contributed by atoms with Gasteiger partial charge in [0.2, 0.25) is 5.01 Å². The molecule has 140 valence electrons. The second-order valence-corrected chi connectivity index (χ2v) is 7.67. The van der Waals surface area contributed by atoms with Crippen LogP contribution in [0.25, 0.3) is 5.69 Å². The fourth-order valence-electron chi connectivity index (χ4n) is 2.43. The van der Waals surface area contributed by atoms with Crippen LogP contribution in [0.3, 0.4) is 0 Å². The summed E-state index contributed by atoms with van der Waals surface area (Å²) in [5.41, 5.74) is 1.53. The highest BCUT2D eigenvalue weighted by Gasteiger charge is 2.14. The number of hydrogen-bond donors (Lipinski definition) is 1. The van der Waals surface area contributed by atoms with Crippen LogP contribution >= 0.6 is 23.1 Å². The molecule has 2 heterocycles. The number of anilines is 1. The van der Waals surface area contributed by atoms with Crippen molar-refractivity contribution in [2.75, 3.05) is 5.32 Å². The Morgan fingerprint density at radius 3 is 2.68 bits per heavy atom. The van der Waals surface area contributed by atoms with Crippen molar-refractivity contribution in [3.8, 4) is 5.69 Å². The first-order valence-corrected chi connectivity index (χ1v) is 10.1. The van der Waals surface area contributed by atoms with Crippen molar-refractivity contribution in [2.24, 2.45) is 0 Å². The van der Waals surface area contributed by atoms with Crippen molar-refractivity contribution >= 4 is 34.7 Å². The van der Waals surface area contributed by atoms with Gasteiger partial charge in [0.15, 0.2) is 5.16 Å². The minimum Gasteiger partial charge on any atom is -0.320 e. The Kier molecular flexibility index (Phi) is 5.45. The van der Waals surface area contributed by atoms with Gasteiger partial charge in [-0.1, -0.05) is 41.3 Å². The van der Waals surface area contributed by atoms with Crippen LogP contribution in [-0.2, 0) is 5.75 Å². The van der Waals surface area contributed by atoms with E-state index in [-0.39, 0.29) is 16.7 Å². The Balaban J connectivity index is 1.40. The minimum absolute atomic E-state index is 0.256. The van der Waals surface area contributed by atoms with Gasteiger partial charge < -0.3 is 5.32 Å². The largest absolute Gasteiger partial charge is 0.320 e. The van der Waals surface area contributed by atoms with E-state index in [0.717, 1.165) is 15.9 Å². The molecule has 1 amide bonds. The molecule has 1 N–H and O–H groups in total. The number of halogens is 1. The molecule has 0 radical (unpaired) electrons. The number of nitrogens with zero attached hydrogens (tertiary/aromatic N) is 4. The summed E-state index contributed by atoms with van der Waals surface area (Å²) in [4.78, 5) is 16.6. The van der Waals surface area contributed by atoms with Gasteiger partial charge in [0.25, 0.3) is 5.91 Å². The zero-order chi connectivity index (χ0) is 19.3. The number of carbonyl (C=O) groups is 1. The first kappa shape index (κ1) is 18.3. The molecule has 0 atom stereocenters. The van der Waals surface area contributed by atoms with Crippen molar-refractivity contribution in [3.05, 3.63) is 82.8 Å². The fourth-order valence-corrected chi connectivity index (χ4v) is 4.12. The van der Waals surface area contributed by atoms with E-state index in [1.54, 1.807) is 6.20 Å². The Labute approximate surface area is 168 Å². The summed E-state index contributed by atoms with van der Waals surface area (Å²) in [7, 11) is 0. The van der Waals surface area contributed by atoms with Crippen molar-refractivity contribution in [3.63, 3.8) is 0 Å². The third-order valence-electron chi connectivity index (χ3n) is 3.73. The average Bonchev–Trinajstić information content (AvgIpc) is 3.38. The molecule has 0 aliphatic carbocycles. The van der Waals surface area contributed by atoms with Crippen LogP contribution in [0.1, 0.15) is 14.8 Å². The summed E-state index contributed by atoms with van der Waals surface area (Å²) in [5.74, 6) is -0.182. The lowest BCUT2D eigenvalue weighted by atomic mass is 10.3. The Morgan fingerprint density at radius 2 is 1.89 bits per heavy atom. The molecule has 0 saturated carbocycles. The van der Waals surface area contributed by atoms with Gasteiger partial charge in [0.05, 0.1) is 5.75 Å². The highest BCUT2D eigenvalue weighted by atomic mass is 32.2. The van der Waals surface area contributed by atoms with Gasteiger partial charge in [-0.05, 0) is 36.4 Å². The number of rotatable bonds is 6. The molecule has 2 aromatic heterocycles. The van der Waals surface area contributed by atoms with Crippen molar-refractivity contribution in [1.29, 1.82) is 0 Å². The maximum Gasteiger partial charge on any atom is 0.286 e. The van der Waals surface area contributed by atoms with E-state index in [4.69, 9.17) is 0 Å². The van der Waals surface area contributed by atoms with Gasteiger partial charge in [0, 0.05) is 23.8 Å². The third-order valence-corrected chi connectivity index (χ3v) is 5.81. The molecule has 0 fully saturated rings. The van der Waals surface area contributed by atoms with Crippen LogP contribution in [0.4, 0.5) is 10.1 Å². The number of hydrogen-bond acceptors (Lipinski definition) is 6. The molecular formula is C19H14FN5OS2. The number of benzene rings is 2. The first-order chi connectivity index (χ1) is 13.7. The summed E-state index contributed by atoms with van der Waals surface area (Å²) < 4.78 is 14.9. The summed E-state index contributed by atoms with van der Waals surface area (Å²) in [6, 6.07) is 15.5. The van der Waals surface area contributed by atoms with Crippen LogP contribution in [0, 0.1) is 5.82 Å². The second-order valence-electron chi connectivity index (χ2n) is 5.67. The number of nitrogens with one attached hydrogen (secondary N) is 1. The van der Waals surface area contributed by atoms with E-state index < -0.39 is 0 Å². The average molecular weight is 411 g/mol. The molecule has 0 unspecified atom stereocenters. The summed E-state index contributed by atoms with van der Waals surface area (Å²) in [5, 5.41) is 12.5. The Bertz CT molecular complexity index is 1080. The van der Waals surface area contributed by atoms with Gasteiger partial charge in [-0.2, -0.15) is 0 Å². The van der Waals surface area contributed by atoms with Gasteiger partial charge in [-0.15, -0.1) is 10.2 Å². The van der Waals surface area contributed by atoms with Gasteiger partial charge in [0.1, 0.15) is 10.8 Å². The van der Waals surface area contributed by atoms with E-state index in [2.05, 4.69) is 20.5 Å². The molecule has 4 aromatic rings. The Hall–Kier alpha value is -3.04. The fraction of sp³-hybridized carbons (Fsp3) is 0.0526. The molecule has 28 heavy (non-hydrogen) atoms. The number of thioether (sulfide) groups is 1. The summed E-state index contributed by atoms with van der Waals surface area (Å²) in [6.07, 6.45) is 3.65. The predicted octanol–water partition coefficient (Wildman–Crippen LogP) is 4.41. The highest BCUT2D eigenvalue weighted by molar-refractivity contribution is 7.98. The van der Waals surface area contributed by atoms with E-state index >= 15 is 0 Å². The summed E-state index contributed by atoms with van der Waals surface area (Å²) >= 11 is 2.74. The molecular weight excluding hydrogens is 397 g/mol. The topological polar surface area (TPSA) is 72.7 Å². The molecule has 2 aromatic carbocycles. The standard InChI is InChI=1S/C19H14FN5OS2/c20-13-6-8-14(9-7-13)22-17(26)18-24-23-16(28-18)12-27-19-21-10-11-25(19)15-4-2-1-3-5-15/h1-11H,12H2,(H,22,26). The quantitative estimate of drug-likeness (QED) is 0.476. The smallest absolute Gasteiger partial charge is 0.286 e. The van der Waals surface area contributed by atoms with E-state index in [0.29, 0.717) is 11.4 Å². The zero-order valence-electron chi connectivity index (χ0n) is 14.4. The van der Waals surface area contributed by atoms with Crippen LogP contribution < -0.4 is 5.32 Å². The van der Waals surface area contributed by atoms with Crippen LogP contribution in [0.15, 0.2) is 72.1 Å².